The molecule has 1 fully saturated rings. The molecule has 1 aliphatic rings. The minimum Gasteiger partial charge on any atom is -0.348 e. The molecule has 0 aliphatic carbocycles. The van der Waals surface area contributed by atoms with Crippen LogP contribution in [0.2, 0.25) is 0 Å². The molecule has 32 heavy (non-hydrogen) atoms. The van der Waals surface area contributed by atoms with Gasteiger partial charge in [-0.1, -0.05) is 42.5 Å². The third kappa shape index (κ3) is 3.89. The number of rotatable bonds is 5. The van der Waals surface area contributed by atoms with Gasteiger partial charge in [0.2, 0.25) is 11.6 Å². The lowest BCUT2D eigenvalue weighted by Gasteiger charge is -2.40. The summed E-state index contributed by atoms with van der Waals surface area (Å²) < 4.78 is 1.88. The second kappa shape index (κ2) is 8.55. The van der Waals surface area contributed by atoms with Gasteiger partial charge in [0, 0.05) is 38.1 Å². The van der Waals surface area contributed by atoms with Crippen LogP contribution in [0.25, 0.3) is 16.4 Å². The number of nitrogens with one attached hydrogen (secondary N) is 1. The predicted octanol–water partition coefficient (Wildman–Crippen LogP) is 2.67. The van der Waals surface area contributed by atoms with E-state index in [1.54, 1.807) is 12.5 Å². The molecule has 0 unspecified atom stereocenters. The van der Waals surface area contributed by atoms with Crippen LogP contribution in [0, 0.1) is 0 Å². The van der Waals surface area contributed by atoms with E-state index in [0.717, 1.165) is 36.7 Å². The summed E-state index contributed by atoms with van der Waals surface area (Å²) in [7, 11) is 0. The van der Waals surface area contributed by atoms with E-state index >= 15 is 0 Å². The van der Waals surface area contributed by atoms with Crippen molar-refractivity contribution in [3.05, 3.63) is 66.7 Å². The third-order valence-corrected chi connectivity index (χ3v) is 6.22. The second-order valence-corrected chi connectivity index (χ2v) is 8.45. The molecule has 1 aliphatic heterocycles. The molecule has 3 heterocycles. The molecule has 2 aromatic heterocycles. The summed E-state index contributed by atoms with van der Waals surface area (Å²) in [4.78, 5) is 21.8. The van der Waals surface area contributed by atoms with Gasteiger partial charge in [-0.2, -0.15) is 0 Å². The Morgan fingerprint density at radius 1 is 1.19 bits per heavy atom. The van der Waals surface area contributed by atoms with E-state index in [1.807, 2.05) is 35.7 Å². The van der Waals surface area contributed by atoms with Crippen molar-refractivity contribution in [1.29, 1.82) is 0 Å². The van der Waals surface area contributed by atoms with Gasteiger partial charge < -0.3 is 10.2 Å². The van der Waals surface area contributed by atoms with Crippen molar-refractivity contribution in [1.82, 2.24) is 29.8 Å². The lowest BCUT2D eigenvalue weighted by molar-refractivity contribution is -0.123. The molecule has 8 nitrogen and oxygen atoms in total. The first kappa shape index (κ1) is 20.4. The summed E-state index contributed by atoms with van der Waals surface area (Å²) in [5.74, 6) is 0.884. The van der Waals surface area contributed by atoms with Crippen LogP contribution in [-0.4, -0.2) is 62.6 Å². The predicted molar refractivity (Wildman–Crippen MR) is 125 cm³/mol. The number of amides is 1. The van der Waals surface area contributed by atoms with Crippen LogP contribution in [0.5, 0.6) is 0 Å². The molecule has 0 bridgehead atoms. The topological polar surface area (TPSA) is 78.7 Å². The van der Waals surface area contributed by atoms with Crippen LogP contribution in [0.15, 0.2) is 61.2 Å². The molecule has 0 saturated carbocycles. The number of fused-ring (bicyclic) bond motifs is 2. The standard InChI is InChI=1S/C24H27N7O/c1-17-14-29(12-13-31(17)23-24-28-26-16-30(24)11-10-25-23)15-22(32)27-18(2)20-9-5-7-19-6-3-4-8-21(19)20/h3-11,16-18H,12-15H2,1-2H3,(H,27,32)/t17-,18+/m0/s1. The second-order valence-electron chi connectivity index (χ2n) is 8.45. The molecular formula is C24H27N7O. The summed E-state index contributed by atoms with van der Waals surface area (Å²) >= 11 is 0. The van der Waals surface area contributed by atoms with Gasteiger partial charge in [-0.05, 0) is 30.2 Å². The maximum absolute atomic E-state index is 12.8. The molecule has 1 saturated heterocycles. The van der Waals surface area contributed by atoms with Gasteiger partial charge in [0.25, 0.3) is 0 Å². The van der Waals surface area contributed by atoms with Crippen molar-refractivity contribution in [2.24, 2.45) is 0 Å². The van der Waals surface area contributed by atoms with E-state index in [9.17, 15) is 4.79 Å². The van der Waals surface area contributed by atoms with Gasteiger partial charge in [0.15, 0.2) is 5.82 Å². The molecule has 2 aromatic carbocycles. The zero-order valence-corrected chi connectivity index (χ0v) is 18.3. The van der Waals surface area contributed by atoms with Crippen molar-refractivity contribution in [3.63, 3.8) is 0 Å². The average Bonchev–Trinajstić information content (AvgIpc) is 3.28. The fourth-order valence-corrected chi connectivity index (χ4v) is 4.64. The summed E-state index contributed by atoms with van der Waals surface area (Å²) in [6.07, 6.45) is 5.30. The molecule has 8 heteroatoms. The van der Waals surface area contributed by atoms with Crippen molar-refractivity contribution in [3.8, 4) is 0 Å². The first-order valence-electron chi connectivity index (χ1n) is 11.0. The van der Waals surface area contributed by atoms with E-state index in [-0.39, 0.29) is 18.0 Å². The highest BCUT2D eigenvalue weighted by atomic mass is 16.2. The van der Waals surface area contributed by atoms with Crippen molar-refractivity contribution >= 4 is 28.1 Å². The number of carbonyl (C=O) groups is 1. The van der Waals surface area contributed by atoms with Gasteiger partial charge in [0.05, 0.1) is 12.6 Å². The Hall–Kier alpha value is -3.52. The van der Waals surface area contributed by atoms with Crippen molar-refractivity contribution in [2.45, 2.75) is 25.9 Å². The van der Waals surface area contributed by atoms with Gasteiger partial charge in [-0.3, -0.25) is 14.1 Å². The van der Waals surface area contributed by atoms with Crippen molar-refractivity contribution in [2.75, 3.05) is 31.1 Å². The highest BCUT2D eigenvalue weighted by molar-refractivity contribution is 5.87. The average molecular weight is 430 g/mol. The Labute approximate surface area is 186 Å². The Kier molecular flexibility index (Phi) is 5.45. The summed E-state index contributed by atoms with van der Waals surface area (Å²) in [5, 5.41) is 13.8. The van der Waals surface area contributed by atoms with Crippen molar-refractivity contribution < 1.29 is 4.79 Å². The SMILES string of the molecule is C[C@@H](NC(=O)CN1CCN(c2nccn3cnnc23)[C@@H](C)C1)c1cccc2ccccc12. The van der Waals surface area contributed by atoms with Crippen LogP contribution >= 0.6 is 0 Å². The lowest BCUT2D eigenvalue weighted by Crippen LogP contribution is -2.54. The van der Waals surface area contributed by atoms with E-state index in [2.05, 4.69) is 61.5 Å². The number of nitrogens with zero attached hydrogens (tertiary/aromatic N) is 6. The zero-order valence-electron chi connectivity index (χ0n) is 18.3. The van der Waals surface area contributed by atoms with Gasteiger partial charge in [0.1, 0.15) is 6.33 Å². The Morgan fingerprint density at radius 3 is 2.91 bits per heavy atom. The number of carbonyl (C=O) groups excluding carboxylic acids is 1. The van der Waals surface area contributed by atoms with Gasteiger partial charge >= 0.3 is 0 Å². The third-order valence-electron chi connectivity index (χ3n) is 6.22. The smallest absolute Gasteiger partial charge is 0.234 e. The maximum Gasteiger partial charge on any atom is 0.234 e. The first-order valence-corrected chi connectivity index (χ1v) is 11.0. The number of hydrogen-bond donors (Lipinski definition) is 1. The number of anilines is 1. The Bertz CT molecular complexity index is 1250. The molecule has 4 aromatic rings. The van der Waals surface area contributed by atoms with Gasteiger partial charge in [-0.25, -0.2) is 4.98 Å². The number of hydrogen-bond acceptors (Lipinski definition) is 6. The number of piperazine rings is 1. The fourth-order valence-electron chi connectivity index (χ4n) is 4.64. The van der Waals surface area contributed by atoms with Crippen LogP contribution < -0.4 is 10.2 Å². The van der Waals surface area contributed by atoms with E-state index < -0.39 is 0 Å². The maximum atomic E-state index is 12.8. The highest BCUT2D eigenvalue weighted by Gasteiger charge is 2.28. The highest BCUT2D eigenvalue weighted by Crippen LogP contribution is 2.24. The van der Waals surface area contributed by atoms with Gasteiger partial charge in [-0.15, -0.1) is 10.2 Å². The van der Waals surface area contributed by atoms with Crippen LogP contribution in [0.1, 0.15) is 25.5 Å². The largest absolute Gasteiger partial charge is 0.348 e. The number of benzene rings is 2. The van der Waals surface area contributed by atoms with Crippen LogP contribution in [0.4, 0.5) is 5.82 Å². The minimum atomic E-state index is -0.0537. The summed E-state index contributed by atoms with van der Waals surface area (Å²) in [6.45, 7) is 6.95. The summed E-state index contributed by atoms with van der Waals surface area (Å²) in [5.41, 5.74) is 1.90. The number of aromatic nitrogens is 4. The van der Waals surface area contributed by atoms with E-state index in [4.69, 9.17) is 0 Å². The summed E-state index contributed by atoms with van der Waals surface area (Å²) in [6, 6.07) is 14.7. The molecule has 0 radical (unpaired) electrons. The molecule has 2 atom stereocenters. The van der Waals surface area contributed by atoms with Crippen LogP contribution in [0.3, 0.4) is 0 Å². The molecule has 0 spiro atoms. The molecular weight excluding hydrogens is 402 g/mol. The van der Waals surface area contributed by atoms with E-state index in [1.165, 1.54) is 10.8 Å². The molecule has 1 amide bonds. The molecule has 1 N–H and O–H groups in total. The Morgan fingerprint density at radius 2 is 2.03 bits per heavy atom. The normalized spacial score (nSPS) is 18.2. The minimum absolute atomic E-state index is 0.0452. The fraction of sp³-hybridized carbons (Fsp3) is 0.333. The first-order chi connectivity index (χ1) is 15.6. The van der Waals surface area contributed by atoms with E-state index in [0.29, 0.717) is 6.54 Å². The monoisotopic (exact) mass is 429 g/mol. The Balaban J connectivity index is 1.22. The van der Waals surface area contributed by atoms with Crippen LogP contribution in [-0.2, 0) is 4.79 Å². The molecule has 5 rings (SSSR count). The lowest BCUT2D eigenvalue weighted by atomic mass is 10.00. The quantitative estimate of drug-likeness (QED) is 0.526. The zero-order chi connectivity index (χ0) is 22.1. The molecule has 164 valence electrons.